The highest BCUT2D eigenvalue weighted by Gasteiger charge is 2.41. The molecule has 0 saturated carbocycles. The van der Waals surface area contributed by atoms with E-state index >= 15 is 0 Å². The van der Waals surface area contributed by atoms with Crippen LogP contribution >= 0.6 is 0 Å². The van der Waals surface area contributed by atoms with Crippen molar-refractivity contribution in [1.29, 1.82) is 0 Å². The van der Waals surface area contributed by atoms with Crippen LogP contribution in [0.25, 0.3) is 5.76 Å². The second-order valence-electron chi connectivity index (χ2n) is 7.46. The van der Waals surface area contributed by atoms with E-state index in [1.54, 1.807) is 6.08 Å². The first-order valence-electron chi connectivity index (χ1n) is 8.98. The van der Waals surface area contributed by atoms with Gasteiger partial charge in [-0.05, 0) is 44.8 Å². The van der Waals surface area contributed by atoms with Crippen molar-refractivity contribution >= 4 is 11.7 Å². The third-order valence-corrected chi connectivity index (χ3v) is 5.14. The summed E-state index contributed by atoms with van der Waals surface area (Å²) in [5.41, 5.74) is 4.42. The van der Waals surface area contributed by atoms with E-state index in [2.05, 4.69) is 25.3 Å². The van der Waals surface area contributed by atoms with E-state index in [9.17, 15) is 4.79 Å². The van der Waals surface area contributed by atoms with Crippen LogP contribution in [-0.4, -0.2) is 18.2 Å². The van der Waals surface area contributed by atoms with Gasteiger partial charge < -0.3 is 9.47 Å². The van der Waals surface area contributed by atoms with Crippen molar-refractivity contribution in [3.05, 3.63) is 77.4 Å². The van der Waals surface area contributed by atoms with Gasteiger partial charge in [-0.3, -0.25) is 0 Å². The molecule has 0 spiro atoms. The molecule has 0 aliphatic carbocycles. The zero-order valence-corrected chi connectivity index (χ0v) is 15.8. The van der Waals surface area contributed by atoms with Gasteiger partial charge in [-0.1, -0.05) is 48.6 Å². The number of allylic oxidation sites excluding steroid dienone is 1. The van der Waals surface area contributed by atoms with Crippen molar-refractivity contribution in [2.45, 2.75) is 39.2 Å². The Balaban J connectivity index is 2.09. The Labute approximate surface area is 155 Å². The summed E-state index contributed by atoms with van der Waals surface area (Å²) in [6, 6.07) is 10.1. The van der Waals surface area contributed by atoms with Gasteiger partial charge in [0.25, 0.3) is 0 Å². The lowest BCUT2D eigenvalue weighted by molar-refractivity contribution is -0.144. The SMILES string of the molecule is C=CCC1=C(CC2=C(c3ccccc3)OCC2C(=C)C)C(C)(C)OC1=O. The standard InChI is InChI=1S/C23H26O3/c1-6-10-17-20(23(4,5)26-22(17)24)13-18-19(15(2)3)14-25-21(18)16-11-8-7-9-12-16/h6-9,11-12,19H,1-2,10,13-14H2,3-5H3. The summed E-state index contributed by atoms with van der Waals surface area (Å²) in [6.45, 7) is 14.5. The molecule has 1 unspecified atom stereocenters. The van der Waals surface area contributed by atoms with Crippen LogP contribution in [0.1, 0.15) is 39.2 Å². The first-order valence-corrected chi connectivity index (χ1v) is 8.98. The third kappa shape index (κ3) is 3.26. The molecule has 0 fully saturated rings. The Kier molecular flexibility index (Phi) is 4.90. The van der Waals surface area contributed by atoms with Gasteiger partial charge in [0.15, 0.2) is 0 Å². The normalized spacial score (nSPS) is 21.7. The molecule has 3 heteroatoms. The van der Waals surface area contributed by atoms with Crippen LogP contribution in [0.4, 0.5) is 0 Å². The molecular weight excluding hydrogens is 324 g/mol. The maximum Gasteiger partial charge on any atom is 0.335 e. The van der Waals surface area contributed by atoms with Crippen molar-refractivity contribution in [3.8, 4) is 0 Å². The molecule has 3 nitrogen and oxygen atoms in total. The second kappa shape index (κ2) is 6.99. The lowest BCUT2D eigenvalue weighted by Gasteiger charge is -2.23. The predicted octanol–water partition coefficient (Wildman–Crippen LogP) is 5.22. The Morgan fingerprint density at radius 3 is 2.62 bits per heavy atom. The average molecular weight is 350 g/mol. The molecule has 2 aliphatic heterocycles. The number of hydrogen-bond donors (Lipinski definition) is 0. The molecule has 2 heterocycles. The fraction of sp³-hybridized carbons (Fsp3) is 0.348. The Morgan fingerprint density at radius 2 is 2.00 bits per heavy atom. The van der Waals surface area contributed by atoms with Gasteiger partial charge >= 0.3 is 5.97 Å². The molecule has 0 aromatic heterocycles. The van der Waals surface area contributed by atoms with Gasteiger partial charge in [-0.15, -0.1) is 6.58 Å². The summed E-state index contributed by atoms with van der Waals surface area (Å²) in [4.78, 5) is 12.3. The highest BCUT2D eigenvalue weighted by atomic mass is 16.6. The van der Waals surface area contributed by atoms with E-state index in [-0.39, 0.29) is 11.9 Å². The van der Waals surface area contributed by atoms with Crippen molar-refractivity contribution in [3.63, 3.8) is 0 Å². The lowest BCUT2D eigenvalue weighted by atomic mass is 9.82. The molecule has 26 heavy (non-hydrogen) atoms. The Hall–Kier alpha value is -2.55. The third-order valence-electron chi connectivity index (χ3n) is 5.14. The van der Waals surface area contributed by atoms with E-state index in [1.807, 2.05) is 39.0 Å². The largest absolute Gasteiger partial charge is 0.492 e. The summed E-state index contributed by atoms with van der Waals surface area (Å²) in [6.07, 6.45) is 2.92. The molecule has 1 aromatic carbocycles. The first-order chi connectivity index (χ1) is 12.3. The summed E-state index contributed by atoms with van der Waals surface area (Å²) in [5, 5.41) is 0. The average Bonchev–Trinajstić information content (AvgIpc) is 3.10. The monoisotopic (exact) mass is 350 g/mol. The molecule has 2 aliphatic rings. The van der Waals surface area contributed by atoms with E-state index in [4.69, 9.17) is 9.47 Å². The number of carbonyl (C=O) groups excluding carboxylic acids is 1. The van der Waals surface area contributed by atoms with Gasteiger partial charge in [0.1, 0.15) is 11.4 Å². The Morgan fingerprint density at radius 1 is 1.31 bits per heavy atom. The minimum Gasteiger partial charge on any atom is -0.492 e. The molecule has 1 aromatic rings. The van der Waals surface area contributed by atoms with Crippen LogP contribution in [0.2, 0.25) is 0 Å². The number of esters is 1. The van der Waals surface area contributed by atoms with Crippen LogP contribution in [0.15, 0.2) is 71.9 Å². The molecule has 0 amide bonds. The Bertz CT molecular complexity index is 809. The quantitative estimate of drug-likeness (QED) is 0.521. The fourth-order valence-electron chi connectivity index (χ4n) is 3.72. The maximum absolute atomic E-state index is 12.3. The van der Waals surface area contributed by atoms with Crippen LogP contribution in [0, 0.1) is 5.92 Å². The molecule has 1 atom stereocenters. The van der Waals surface area contributed by atoms with Crippen LogP contribution in [-0.2, 0) is 14.3 Å². The maximum atomic E-state index is 12.3. The predicted molar refractivity (Wildman–Crippen MR) is 104 cm³/mol. The summed E-state index contributed by atoms with van der Waals surface area (Å²) in [5.74, 6) is 0.811. The van der Waals surface area contributed by atoms with Gasteiger partial charge in [0.2, 0.25) is 0 Å². The van der Waals surface area contributed by atoms with E-state index < -0.39 is 5.60 Å². The fourth-order valence-corrected chi connectivity index (χ4v) is 3.72. The van der Waals surface area contributed by atoms with Crippen LogP contribution < -0.4 is 0 Å². The highest BCUT2D eigenvalue weighted by Crippen LogP contribution is 2.44. The number of hydrogen-bond acceptors (Lipinski definition) is 3. The summed E-state index contributed by atoms with van der Waals surface area (Å²) < 4.78 is 11.7. The minimum absolute atomic E-state index is 0.147. The molecule has 0 radical (unpaired) electrons. The molecule has 0 bridgehead atoms. The highest BCUT2D eigenvalue weighted by molar-refractivity contribution is 5.93. The molecular formula is C23H26O3. The van der Waals surface area contributed by atoms with Crippen LogP contribution in [0.5, 0.6) is 0 Å². The topological polar surface area (TPSA) is 35.5 Å². The number of rotatable bonds is 6. The first kappa shape index (κ1) is 18.2. The zero-order chi connectivity index (χ0) is 18.9. The van der Waals surface area contributed by atoms with Crippen molar-refractivity contribution in [2.75, 3.05) is 6.61 Å². The van der Waals surface area contributed by atoms with Gasteiger partial charge in [-0.2, -0.15) is 0 Å². The lowest BCUT2D eigenvalue weighted by Crippen LogP contribution is -2.24. The molecule has 0 N–H and O–H groups in total. The van der Waals surface area contributed by atoms with Crippen molar-refractivity contribution in [1.82, 2.24) is 0 Å². The summed E-state index contributed by atoms with van der Waals surface area (Å²) in [7, 11) is 0. The summed E-state index contributed by atoms with van der Waals surface area (Å²) >= 11 is 0. The number of cyclic esters (lactones) is 1. The van der Waals surface area contributed by atoms with E-state index in [0.717, 1.165) is 28.0 Å². The smallest absolute Gasteiger partial charge is 0.335 e. The molecule has 0 saturated heterocycles. The number of ether oxygens (including phenoxy) is 2. The molecule has 136 valence electrons. The van der Waals surface area contributed by atoms with Crippen molar-refractivity contribution in [2.24, 2.45) is 5.92 Å². The van der Waals surface area contributed by atoms with Gasteiger partial charge in [0.05, 0.1) is 6.61 Å². The molecule has 3 rings (SSSR count). The number of carbonyl (C=O) groups is 1. The second-order valence-corrected chi connectivity index (χ2v) is 7.46. The van der Waals surface area contributed by atoms with Crippen molar-refractivity contribution < 1.29 is 14.3 Å². The van der Waals surface area contributed by atoms with Gasteiger partial charge in [0, 0.05) is 17.1 Å². The van der Waals surface area contributed by atoms with Crippen LogP contribution in [0.3, 0.4) is 0 Å². The van der Waals surface area contributed by atoms with Gasteiger partial charge in [-0.25, -0.2) is 4.79 Å². The van der Waals surface area contributed by atoms with E-state index in [0.29, 0.717) is 19.4 Å². The van der Waals surface area contributed by atoms with E-state index in [1.165, 1.54) is 5.57 Å². The zero-order valence-electron chi connectivity index (χ0n) is 15.8. The minimum atomic E-state index is -0.619. The number of benzene rings is 1.